The van der Waals surface area contributed by atoms with Gasteiger partial charge >= 0.3 is 0 Å². The first-order valence-electron chi connectivity index (χ1n) is 8.28. The Morgan fingerprint density at radius 1 is 1.38 bits per heavy atom. The van der Waals surface area contributed by atoms with Gasteiger partial charge in [-0.25, -0.2) is 0 Å². The molecule has 3 nitrogen and oxygen atoms in total. The van der Waals surface area contributed by atoms with Crippen LogP contribution in [0, 0.1) is 11.3 Å². The van der Waals surface area contributed by atoms with E-state index in [1.165, 1.54) is 24.1 Å². The number of hydrogen-bond acceptors (Lipinski definition) is 3. The monoisotopic (exact) mass is 288 g/mol. The molecule has 1 atom stereocenters. The van der Waals surface area contributed by atoms with Crippen LogP contribution in [0.2, 0.25) is 0 Å². The number of rotatable bonds is 3. The minimum absolute atomic E-state index is 0.120. The van der Waals surface area contributed by atoms with E-state index >= 15 is 0 Å². The van der Waals surface area contributed by atoms with E-state index in [0.29, 0.717) is 6.54 Å². The van der Waals surface area contributed by atoms with Gasteiger partial charge in [0, 0.05) is 31.2 Å². The zero-order valence-electron chi connectivity index (χ0n) is 13.3. The summed E-state index contributed by atoms with van der Waals surface area (Å²) in [5, 5.41) is 11.0. The van der Waals surface area contributed by atoms with Crippen molar-refractivity contribution in [2.75, 3.05) is 25.0 Å². The number of nitrogens with zero attached hydrogens (tertiary/aromatic N) is 1. The van der Waals surface area contributed by atoms with Crippen LogP contribution in [0.5, 0.6) is 0 Å². The Balaban J connectivity index is 1.85. The number of anilines is 1. The second-order valence-corrected chi connectivity index (χ2v) is 7.21. The molecule has 1 saturated carbocycles. The van der Waals surface area contributed by atoms with E-state index in [0.717, 1.165) is 37.3 Å². The van der Waals surface area contributed by atoms with E-state index in [1.54, 1.807) is 0 Å². The van der Waals surface area contributed by atoms with Gasteiger partial charge in [-0.15, -0.1) is 0 Å². The number of aliphatic hydroxyl groups excluding tert-OH is 1. The zero-order valence-corrected chi connectivity index (χ0v) is 13.3. The molecule has 0 aromatic heterocycles. The molecule has 3 rings (SSSR count). The standard InChI is InChI=1S/C18H28N2O/c1-13-5-8-18(12-19,9-6-13)17(21)15-3-4-16-14(11-15)7-10-20(16)2/h3-4,11,13,17,21H,5-10,12,19H2,1-2H3. The lowest BCUT2D eigenvalue weighted by Crippen LogP contribution is -2.40. The summed E-state index contributed by atoms with van der Waals surface area (Å²) >= 11 is 0. The summed E-state index contributed by atoms with van der Waals surface area (Å²) in [6.07, 6.45) is 5.11. The quantitative estimate of drug-likeness (QED) is 0.899. The molecule has 0 radical (unpaired) electrons. The Morgan fingerprint density at radius 3 is 2.76 bits per heavy atom. The van der Waals surface area contributed by atoms with E-state index < -0.39 is 6.10 Å². The third-order valence-corrected chi connectivity index (χ3v) is 5.80. The summed E-state index contributed by atoms with van der Waals surface area (Å²) in [5.41, 5.74) is 9.70. The van der Waals surface area contributed by atoms with E-state index in [4.69, 9.17) is 5.73 Å². The van der Waals surface area contributed by atoms with Crippen LogP contribution in [-0.4, -0.2) is 25.2 Å². The zero-order chi connectivity index (χ0) is 15.0. The van der Waals surface area contributed by atoms with Crippen molar-refractivity contribution < 1.29 is 5.11 Å². The van der Waals surface area contributed by atoms with Gasteiger partial charge in [0.15, 0.2) is 0 Å². The van der Waals surface area contributed by atoms with Gasteiger partial charge in [0.2, 0.25) is 0 Å². The van der Waals surface area contributed by atoms with Crippen molar-refractivity contribution >= 4 is 5.69 Å². The number of aliphatic hydroxyl groups is 1. The van der Waals surface area contributed by atoms with Gasteiger partial charge in [-0.3, -0.25) is 0 Å². The Morgan fingerprint density at radius 2 is 2.10 bits per heavy atom. The first-order chi connectivity index (χ1) is 10.1. The van der Waals surface area contributed by atoms with Gasteiger partial charge in [0.25, 0.3) is 0 Å². The first-order valence-corrected chi connectivity index (χ1v) is 8.28. The van der Waals surface area contributed by atoms with Crippen LogP contribution in [0.15, 0.2) is 18.2 Å². The lowest BCUT2D eigenvalue weighted by molar-refractivity contribution is -0.00820. The van der Waals surface area contributed by atoms with Crippen molar-refractivity contribution in [3.8, 4) is 0 Å². The maximum Gasteiger partial charge on any atom is 0.0858 e. The number of likely N-dealkylation sites (N-methyl/N-ethyl adjacent to an activating group) is 1. The van der Waals surface area contributed by atoms with Crippen molar-refractivity contribution in [2.24, 2.45) is 17.1 Å². The number of nitrogens with two attached hydrogens (primary N) is 1. The maximum absolute atomic E-state index is 11.0. The first kappa shape index (κ1) is 14.9. The molecule has 116 valence electrons. The SMILES string of the molecule is CC1CCC(CN)(C(O)c2ccc3c(c2)CCN3C)CC1. The van der Waals surface area contributed by atoms with E-state index in [9.17, 15) is 5.11 Å². The molecular formula is C18H28N2O. The lowest BCUT2D eigenvalue weighted by atomic mass is 9.66. The molecule has 1 aromatic carbocycles. The molecular weight excluding hydrogens is 260 g/mol. The average Bonchev–Trinajstić information content (AvgIpc) is 2.89. The third kappa shape index (κ3) is 2.58. The van der Waals surface area contributed by atoms with Gasteiger partial charge < -0.3 is 15.7 Å². The predicted molar refractivity (Wildman–Crippen MR) is 87.5 cm³/mol. The highest BCUT2D eigenvalue weighted by Gasteiger charge is 2.40. The fraction of sp³-hybridized carbons (Fsp3) is 0.667. The van der Waals surface area contributed by atoms with Gasteiger partial charge in [0.05, 0.1) is 6.10 Å². The lowest BCUT2D eigenvalue weighted by Gasteiger charge is -2.42. The third-order valence-electron chi connectivity index (χ3n) is 5.80. The van der Waals surface area contributed by atoms with Crippen LogP contribution in [-0.2, 0) is 6.42 Å². The van der Waals surface area contributed by atoms with Crippen molar-refractivity contribution in [3.05, 3.63) is 29.3 Å². The molecule has 0 bridgehead atoms. The van der Waals surface area contributed by atoms with Crippen LogP contribution in [0.4, 0.5) is 5.69 Å². The minimum Gasteiger partial charge on any atom is -0.388 e. The molecule has 1 aliphatic carbocycles. The molecule has 3 N–H and O–H groups in total. The fourth-order valence-electron chi connectivity index (χ4n) is 4.04. The number of hydrogen-bond donors (Lipinski definition) is 2. The Hall–Kier alpha value is -1.06. The summed E-state index contributed by atoms with van der Waals surface area (Å²) in [6.45, 7) is 3.96. The number of fused-ring (bicyclic) bond motifs is 1. The van der Waals surface area contributed by atoms with E-state index in [1.807, 2.05) is 0 Å². The topological polar surface area (TPSA) is 49.5 Å². The number of benzene rings is 1. The molecule has 1 aliphatic heterocycles. The van der Waals surface area contributed by atoms with E-state index in [2.05, 4.69) is 37.1 Å². The summed E-state index contributed by atoms with van der Waals surface area (Å²) < 4.78 is 0. The van der Waals surface area contributed by atoms with E-state index in [-0.39, 0.29) is 5.41 Å². The second kappa shape index (κ2) is 5.62. The molecule has 1 aromatic rings. The summed E-state index contributed by atoms with van der Waals surface area (Å²) in [7, 11) is 2.13. The van der Waals surface area contributed by atoms with Gasteiger partial charge in [0.1, 0.15) is 0 Å². The van der Waals surface area contributed by atoms with Gasteiger partial charge in [-0.1, -0.05) is 31.9 Å². The fourth-order valence-corrected chi connectivity index (χ4v) is 4.04. The largest absolute Gasteiger partial charge is 0.388 e. The van der Waals surface area contributed by atoms with Crippen molar-refractivity contribution in [1.82, 2.24) is 0 Å². The molecule has 21 heavy (non-hydrogen) atoms. The molecule has 0 saturated heterocycles. The summed E-state index contributed by atoms with van der Waals surface area (Å²) in [6, 6.07) is 6.47. The smallest absolute Gasteiger partial charge is 0.0858 e. The molecule has 3 heteroatoms. The van der Waals surface area contributed by atoms with Gasteiger partial charge in [-0.2, -0.15) is 0 Å². The molecule has 1 fully saturated rings. The highest BCUT2D eigenvalue weighted by Crippen LogP contribution is 2.47. The molecule has 2 aliphatic rings. The minimum atomic E-state index is -0.425. The van der Waals surface area contributed by atoms with Crippen LogP contribution >= 0.6 is 0 Å². The Kier molecular flexibility index (Phi) is 3.98. The highest BCUT2D eigenvalue weighted by atomic mass is 16.3. The summed E-state index contributed by atoms with van der Waals surface area (Å²) in [4.78, 5) is 2.28. The highest BCUT2D eigenvalue weighted by molar-refractivity contribution is 5.58. The normalized spacial score (nSPS) is 30.3. The molecule has 1 unspecified atom stereocenters. The van der Waals surface area contributed by atoms with Crippen molar-refractivity contribution in [3.63, 3.8) is 0 Å². The second-order valence-electron chi connectivity index (χ2n) is 7.21. The Labute approximate surface area is 128 Å². The maximum atomic E-state index is 11.0. The molecule has 1 heterocycles. The van der Waals surface area contributed by atoms with Crippen LogP contribution in [0.25, 0.3) is 0 Å². The van der Waals surface area contributed by atoms with Crippen LogP contribution in [0.3, 0.4) is 0 Å². The predicted octanol–water partition coefficient (Wildman–Crippen LogP) is 2.87. The van der Waals surface area contributed by atoms with Crippen molar-refractivity contribution in [1.29, 1.82) is 0 Å². The molecule has 0 spiro atoms. The van der Waals surface area contributed by atoms with Crippen LogP contribution < -0.4 is 10.6 Å². The Bertz CT molecular complexity index is 506. The summed E-state index contributed by atoms with van der Waals surface area (Å²) in [5.74, 6) is 0.769. The van der Waals surface area contributed by atoms with Gasteiger partial charge in [-0.05, 0) is 42.4 Å². The molecule has 0 amide bonds. The average molecular weight is 288 g/mol. The van der Waals surface area contributed by atoms with Crippen molar-refractivity contribution in [2.45, 2.75) is 45.1 Å². The van der Waals surface area contributed by atoms with Crippen LogP contribution in [0.1, 0.15) is 49.8 Å².